The molecule has 0 atom stereocenters. The number of carbonyl (C=O) groups excluding carboxylic acids is 1. The van der Waals surface area contributed by atoms with Crippen LogP contribution >= 0.6 is 0 Å². The van der Waals surface area contributed by atoms with E-state index in [9.17, 15) is 9.18 Å². The molecule has 4 aromatic rings. The SMILES string of the molecule is COc1ccc(COC(=O)c2cc(OCc3ccc(OC)cc3)ccc2C=Cc2ccc(F)c(OC)c2)cc1. The second kappa shape index (κ2) is 13.1. The Balaban J connectivity index is 1.55. The van der Waals surface area contributed by atoms with E-state index < -0.39 is 11.8 Å². The molecule has 0 amide bonds. The van der Waals surface area contributed by atoms with Gasteiger partial charge in [-0.15, -0.1) is 0 Å². The standard InChI is InChI=1S/C32H29FO6/c1-35-26-12-5-23(6-13-26)20-38-28-16-11-25(10-4-22-9-17-30(33)31(18-22)37-3)29(19-28)32(34)39-21-24-7-14-27(36-2)15-8-24/h4-19H,20-21H2,1-3H3. The molecule has 200 valence electrons. The van der Waals surface area contributed by atoms with Gasteiger partial charge in [-0.2, -0.15) is 0 Å². The molecular weight excluding hydrogens is 499 g/mol. The fourth-order valence-electron chi connectivity index (χ4n) is 3.75. The lowest BCUT2D eigenvalue weighted by Gasteiger charge is -2.12. The molecule has 0 saturated carbocycles. The summed E-state index contributed by atoms with van der Waals surface area (Å²) in [5.41, 5.74) is 3.45. The average Bonchev–Trinajstić information content (AvgIpc) is 2.99. The van der Waals surface area contributed by atoms with Crippen LogP contribution in [0.2, 0.25) is 0 Å². The van der Waals surface area contributed by atoms with Gasteiger partial charge in [0.25, 0.3) is 0 Å². The fourth-order valence-corrected chi connectivity index (χ4v) is 3.75. The smallest absolute Gasteiger partial charge is 0.339 e. The van der Waals surface area contributed by atoms with E-state index in [1.165, 1.54) is 13.2 Å². The molecule has 0 saturated heterocycles. The molecule has 0 spiro atoms. The molecule has 6 nitrogen and oxygen atoms in total. The van der Waals surface area contributed by atoms with Crippen molar-refractivity contribution in [2.75, 3.05) is 21.3 Å². The summed E-state index contributed by atoms with van der Waals surface area (Å²) in [6.07, 6.45) is 3.54. The number of rotatable bonds is 11. The Morgan fingerprint density at radius 2 is 1.31 bits per heavy atom. The van der Waals surface area contributed by atoms with Crippen molar-refractivity contribution in [3.05, 3.63) is 119 Å². The largest absolute Gasteiger partial charge is 0.497 e. The van der Waals surface area contributed by atoms with Gasteiger partial charge < -0.3 is 23.7 Å². The Morgan fingerprint density at radius 1 is 0.692 bits per heavy atom. The predicted molar refractivity (Wildman–Crippen MR) is 148 cm³/mol. The summed E-state index contributed by atoms with van der Waals surface area (Å²) in [7, 11) is 4.62. The van der Waals surface area contributed by atoms with Gasteiger partial charge in [-0.25, -0.2) is 9.18 Å². The molecule has 0 N–H and O–H groups in total. The number of ether oxygens (including phenoxy) is 5. The molecule has 0 aromatic heterocycles. The lowest BCUT2D eigenvalue weighted by Crippen LogP contribution is -2.08. The van der Waals surface area contributed by atoms with Crippen molar-refractivity contribution in [1.29, 1.82) is 0 Å². The molecule has 0 fully saturated rings. The number of benzene rings is 4. The summed E-state index contributed by atoms with van der Waals surface area (Å²) in [6, 6.07) is 24.6. The lowest BCUT2D eigenvalue weighted by molar-refractivity contribution is 0.0472. The van der Waals surface area contributed by atoms with Gasteiger partial charge in [-0.05, 0) is 70.8 Å². The molecule has 0 aliphatic carbocycles. The van der Waals surface area contributed by atoms with Gasteiger partial charge in [0.2, 0.25) is 0 Å². The molecule has 0 heterocycles. The van der Waals surface area contributed by atoms with Crippen LogP contribution in [0.5, 0.6) is 23.0 Å². The third-order valence-electron chi connectivity index (χ3n) is 5.97. The fraction of sp³-hybridized carbons (Fsp3) is 0.156. The van der Waals surface area contributed by atoms with E-state index in [4.69, 9.17) is 23.7 Å². The Labute approximate surface area is 227 Å². The molecule has 7 heteroatoms. The van der Waals surface area contributed by atoms with E-state index in [1.807, 2.05) is 48.5 Å². The maximum Gasteiger partial charge on any atom is 0.339 e. The first-order chi connectivity index (χ1) is 19.0. The van der Waals surface area contributed by atoms with Gasteiger partial charge in [-0.3, -0.25) is 0 Å². The van der Waals surface area contributed by atoms with Crippen molar-refractivity contribution >= 4 is 18.1 Å². The Hall–Kier alpha value is -4.78. The minimum Gasteiger partial charge on any atom is -0.497 e. The van der Waals surface area contributed by atoms with Crippen LogP contribution in [0.3, 0.4) is 0 Å². The third kappa shape index (κ3) is 7.38. The molecule has 0 aliphatic rings. The van der Waals surface area contributed by atoms with E-state index in [2.05, 4.69) is 0 Å². The summed E-state index contributed by atoms with van der Waals surface area (Å²) < 4.78 is 40.8. The van der Waals surface area contributed by atoms with Crippen molar-refractivity contribution in [3.63, 3.8) is 0 Å². The van der Waals surface area contributed by atoms with Crippen LogP contribution in [0.1, 0.15) is 32.6 Å². The Kier molecular flexibility index (Phi) is 9.19. The van der Waals surface area contributed by atoms with Gasteiger partial charge in [0, 0.05) is 0 Å². The number of hydrogen-bond acceptors (Lipinski definition) is 6. The first-order valence-electron chi connectivity index (χ1n) is 12.2. The number of halogens is 1. The van der Waals surface area contributed by atoms with Gasteiger partial charge in [-0.1, -0.05) is 48.6 Å². The molecule has 0 radical (unpaired) electrons. The normalized spacial score (nSPS) is 10.8. The number of carbonyl (C=O) groups is 1. The minimum absolute atomic E-state index is 0.0953. The van der Waals surface area contributed by atoms with E-state index >= 15 is 0 Å². The minimum atomic E-state index is -0.503. The van der Waals surface area contributed by atoms with Gasteiger partial charge in [0.05, 0.1) is 26.9 Å². The number of methoxy groups -OCH3 is 3. The maximum absolute atomic E-state index is 13.8. The maximum atomic E-state index is 13.8. The second-order valence-corrected chi connectivity index (χ2v) is 8.54. The summed E-state index contributed by atoms with van der Waals surface area (Å²) in [4.78, 5) is 13.2. The molecule has 0 unspecified atom stereocenters. The lowest BCUT2D eigenvalue weighted by atomic mass is 10.0. The van der Waals surface area contributed by atoms with Crippen molar-refractivity contribution < 1.29 is 32.9 Å². The van der Waals surface area contributed by atoms with Crippen LogP contribution in [0.15, 0.2) is 84.9 Å². The molecular formula is C32H29FO6. The van der Waals surface area contributed by atoms with Crippen LogP contribution in [0, 0.1) is 5.82 Å². The molecule has 0 bridgehead atoms. The molecule has 0 aliphatic heterocycles. The van der Waals surface area contributed by atoms with Crippen molar-refractivity contribution in [2.45, 2.75) is 13.2 Å². The monoisotopic (exact) mass is 528 g/mol. The van der Waals surface area contributed by atoms with Gasteiger partial charge in [0.1, 0.15) is 30.5 Å². The van der Waals surface area contributed by atoms with Gasteiger partial charge >= 0.3 is 5.97 Å². The highest BCUT2D eigenvalue weighted by molar-refractivity contribution is 5.95. The second-order valence-electron chi connectivity index (χ2n) is 8.54. The van der Waals surface area contributed by atoms with Crippen LogP contribution in [-0.2, 0) is 18.0 Å². The molecule has 4 aromatic carbocycles. The summed E-state index contributed by atoms with van der Waals surface area (Å²) >= 11 is 0. The molecule has 39 heavy (non-hydrogen) atoms. The third-order valence-corrected chi connectivity index (χ3v) is 5.97. The quantitative estimate of drug-likeness (QED) is 0.155. The highest BCUT2D eigenvalue weighted by atomic mass is 19.1. The first-order valence-corrected chi connectivity index (χ1v) is 12.2. The van der Waals surface area contributed by atoms with Crippen molar-refractivity contribution in [1.82, 2.24) is 0 Å². The van der Waals surface area contributed by atoms with Crippen LogP contribution in [0.25, 0.3) is 12.2 Å². The number of hydrogen-bond donors (Lipinski definition) is 0. The summed E-state index contributed by atoms with van der Waals surface area (Å²) in [6.45, 7) is 0.410. The van der Waals surface area contributed by atoms with E-state index in [0.29, 0.717) is 29.0 Å². The van der Waals surface area contributed by atoms with E-state index in [1.54, 1.807) is 56.7 Å². The van der Waals surface area contributed by atoms with Crippen LogP contribution < -0.4 is 18.9 Å². The zero-order valence-electron chi connectivity index (χ0n) is 22.0. The van der Waals surface area contributed by atoms with Crippen LogP contribution in [-0.4, -0.2) is 27.3 Å². The number of esters is 1. The Bertz CT molecular complexity index is 1430. The Morgan fingerprint density at radius 3 is 1.92 bits per heavy atom. The topological polar surface area (TPSA) is 63.2 Å². The van der Waals surface area contributed by atoms with E-state index in [-0.39, 0.29) is 12.4 Å². The first kappa shape index (κ1) is 27.3. The zero-order valence-corrected chi connectivity index (χ0v) is 22.0. The van der Waals surface area contributed by atoms with E-state index in [0.717, 1.165) is 22.6 Å². The predicted octanol–water partition coefficient (Wildman–Crippen LogP) is 6.96. The van der Waals surface area contributed by atoms with Gasteiger partial charge in [0.15, 0.2) is 11.6 Å². The van der Waals surface area contributed by atoms with Crippen molar-refractivity contribution in [2.24, 2.45) is 0 Å². The summed E-state index contributed by atoms with van der Waals surface area (Å²) in [5.74, 6) is 1.18. The zero-order chi connectivity index (χ0) is 27.6. The highest BCUT2D eigenvalue weighted by Gasteiger charge is 2.14. The van der Waals surface area contributed by atoms with Crippen molar-refractivity contribution in [3.8, 4) is 23.0 Å². The average molecular weight is 529 g/mol. The summed E-state index contributed by atoms with van der Waals surface area (Å²) in [5, 5.41) is 0. The molecule has 4 rings (SSSR count). The van der Waals surface area contributed by atoms with Crippen LogP contribution in [0.4, 0.5) is 4.39 Å². The highest BCUT2D eigenvalue weighted by Crippen LogP contribution is 2.25.